The minimum atomic E-state index is -0.176. The fourth-order valence-electron chi connectivity index (χ4n) is 3.41. The van der Waals surface area contributed by atoms with E-state index in [4.69, 9.17) is 14.2 Å². The minimum absolute atomic E-state index is 0.0571. The third kappa shape index (κ3) is 4.13. The highest BCUT2D eigenvalue weighted by atomic mass is 16.5. The molecule has 0 spiro atoms. The molecule has 30 heavy (non-hydrogen) atoms. The Balaban J connectivity index is 1.45. The second-order valence-corrected chi connectivity index (χ2v) is 6.79. The summed E-state index contributed by atoms with van der Waals surface area (Å²) in [5, 5.41) is 8.08. The Bertz CT molecular complexity index is 1030. The Hall–Kier alpha value is -3.40. The van der Waals surface area contributed by atoms with E-state index in [1.165, 1.54) is 6.33 Å². The van der Waals surface area contributed by atoms with Gasteiger partial charge in [-0.15, -0.1) is 0 Å². The quantitative estimate of drug-likeness (QED) is 0.613. The van der Waals surface area contributed by atoms with E-state index in [1.54, 1.807) is 31.2 Å². The zero-order chi connectivity index (χ0) is 20.9. The van der Waals surface area contributed by atoms with Crippen LogP contribution in [0, 0.1) is 0 Å². The number of nitrogens with zero attached hydrogens (tertiary/aromatic N) is 5. The highest BCUT2D eigenvalue weighted by Gasteiger charge is 2.19. The fraction of sp³-hybridized carbons (Fsp3) is 0.400. The molecule has 1 aromatic carbocycles. The predicted molar refractivity (Wildman–Crippen MR) is 110 cm³/mol. The van der Waals surface area contributed by atoms with Gasteiger partial charge in [0.25, 0.3) is 0 Å². The van der Waals surface area contributed by atoms with Crippen molar-refractivity contribution in [1.29, 1.82) is 0 Å². The van der Waals surface area contributed by atoms with Gasteiger partial charge in [-0.3, -0.25) is 4.79 Å². The van der Waals surface area contributed by atoms with E-state index >= 15 is 0 Å². The number of benzene rings is 1. The van der Waals surface area contributed by atoms with Crippen LogP contribution in [0.15, 0.2) is 30.7 Å². The molecule has 3 aromatic rings. The number of nitrogens with one attached hydrogen (secondary N) is 1. The number of methoxy groups -OCH3 is 2. The molecule has 10 nitrogen and oxygen atoms in total. The second-order valence-electron chi connectivity index (χ2n) is 6.79. The van der Waals surface area contributed by atoms with E-state index in [1.807, 2.05) is 12.1 Å². The first-order valence-electron chi connectivity index (χ1n) is 9.66. The largest absolute Gasteiger partial charge is 0.497 e. The standard InChI is InChI=1S/C20H24N6O4/c1-28-15-4-3-14(17(9-15)29-2)10-21-18(27)12-26-20-16(11-24-26)19(22-13-23-20)25-5-7-30-8-6-25/h3-4,9,11,13H,5-8,10,12H2,1-2H3,(H,21,27). The van der Waals surface area contributed by atoms with Gasteiger partial charge in [0.15, 0.2) is 5.65 Å². The van der Waals surface area contributed by atoms with Crippen LogP contribution < -0.4 is 19.7 Å². The highest BCUT2D eigenvalue weighted by molar-refractivity contribution is 5.88. The fourth-order valence-corrected chi connectivity index (χ4v) is 3.41. The molecule has 0 saturated carbocycles. The van der Waals surface area contributed by atoms with Crippen molar-refractivity contribution < 1.29 is 19.0 Å². The molecule has 4 rings (SSSR count). The van der Waals surface area contributed by atoms with Crippen LogP contribution >= 0.6 is 0 Å². The van der Waals surface area contributed by atoms with Crippen molar-refractivity contribution in [2.75, 3.05) is 45.4 Å². The maximum absolute atomic E-state index is 12.5. The number of carbonyl (C=O) groups is 1. The number of morpholine rings is 1. The SMILES string of the molecule is COc1ccc(CNC(=O)Cn2ncc3c(N4CCOCC4)ncnc32)c(OC)c1. The first kappa shape index (κ1) is 19.9. The van der Waals surface area contributed by atoms with Crippen LogP contribution in [0.4, 0.5) is 5.82 Å². The second kappa shape index (κ2) is 8.95. The predicted octanol–water partition coefficient (Wildman–Crippen LogP) is 0.996. The normalized spacial score (nSPS) is 14.0. The molecular formula is C20H24N6O4. The van der Waals surface area contributed by atoms with Gasteiger partial charge in [-0.05, 0) is 12.1 Å². The smallest absolute Gasteiger partial charge is 0.242 e. The lowest BCUT2D eigenvalue weighted by Gasteiger charge is -2.27. The Morgan fingerprint density at radius 3 is 2.80 bits per heavy atom. The first-order valence-corrected chi connectivity index (χ1v) is 9.66. The van der Waals surface area contributed by atoms with Gasteiger partial charge in [-0.1, -0.05) is 0 Å². The summed E-state index contributed by atoms with van der Waals surface area (Å²) in [7, 11) is 3.18. The zero-order valence-electron chi connectivity index (χ0n) is 17.0. The number of carbonyl (C=O) groups excluding carboxylic acids is 1. The molecule has 3 heterocycles. The third-order valence-electron chi connectivity index (χ3n) is 4.99. The molecule has 0 atom stereocenters. The molecular weight excluding hydrogens is 388 g/mol. The van der Waals surface area contributed by atoms with Gasteiger partial charge in [0, 0.05) is 31.3 Å². The van der Waals surface area contributed by atoms with E-state index < -0.39 is 0 Å². The summed E-state index contributed by atoms with van der Waals surface area (Å²) in [5.74, 6) is 1.99. The van der Waals surface area contributed by atoms with Crippen LogP contribution in [0.1, 0.15) is 5.56 Å². The van der Waals surface area contributed by atoms with Crippen LogP contribution in [0.5, 0.6) is 11.5 Å². The number of hydrogen-bond donors (Lipinski definition) is 1. The van der Waals surface area contributed by atoms with Gasteiger partial charge in [0.1, 0.15) is 30.2 Å². The molecule has 1 aliphatic heterocycles. The molecule has 1 amide bonds. The lowest BCUT2D eigenvalue weighted by Crippen LogP contribution is -2.36. The highest BCUT2D eigenvalue weighted by Crippen LogP contribution is 2.25. The van der Waals surface area contributed by atoms with Crippen molar-refractivity contribution in [3.05, 3.63) is 36.3 Å². The summed E-state index contributed by atoms with van der Waals surface area (Å²) in [6, 6.07) is 5.48. The van der Waals surface area contributed by atoms with Gasteiger partial charge in [0.05, 0.1) is 39.0 Å². The van der Waals surface area contributed by atoms with Crippen LogP contribution in [-0.4, -0.2) is 66.2 Å². The number of aromatic nitrogens is 4. The Morgan fingerprint density at radius 2 is 2.03 bits per heavy atom. The van der Waals surface area contributed by atoms with Crippen LogP contribution in [0.2, 0.25) is 0 Å². The summed E-state index contributed by atoms with van der Waals surface area (Å²) < 4.78 is 17.6. The number of hydrogen-bond acceptors (Lipinski definition) is 8. The molecule has 1 N–H and O–H groups in total. The van der Waals surface area contributed by atoms with Gasteiger partial charge in [-0.2, -0.15) is 5.10 Å². The van der Waals surface area contributed by atoms with Gasteiger partial charge in [0.2, 0.25) is 5.91 Å². The lowest BCUT2D eigenvalue weighted by molar-refractivity contribution is -0.121. The van der Waals surface area contributed by atoms with Crippen LogP contribution in [0.3, 0.4) is 0 Å². The Morgan fingerprint density at radius 1 is 1.20 bits per heavy atom. The van der Waals surface area contributed by atoms with Crippen molar-refractivity contribution in [3.8, 4) is 11.5 Å². The number of fused-ring (bicyclic) bond motifs is 1. The maximum Gasteiger partial charge on any atom is 0.242 e. The van der Waals surface area contributed by atoms with Crippen molar-refractivity contribution in [2.24, 2.45) is 0 Å². The molecule has 1 fully saturated rings. The zero-order valence-corrected chi connectivity index (χ0v) is 17.0. The Labute approximate surface area is 173 Å². The average molecular weight is 412 g/mol. The third-order valence-corrected chi connectivity index (χ3v) is 4.99. The van der Waals surface area contributed by atoms with E-state index in [0.29, 0.717) is 36.9 Å². The summed E-state index contributed by atoms with van der Waals surface area (Å²) >= 11 is 0. The van der Waals surface area contributed by atoms with E-state index in [0.717, 1.165) is 29.9 Å². The summed E-state index contributed by atoms with van der Waals surface area (Å²) in [5.41, 5.74) is 1.48. The van der Waals surface area contributed by atoms with Crippen molar-refractivity contribution in [1.82, 2.24) is 25.1 Å². The molecule has 10 heteroatoms. The maximum atomic E-state index is 12.5. The topological polar surface area (TPSA) is 104 Å². The minimum Gasteiger partial charge on any atom is -0.497 e. The van der Waals surface area contributed by atoms with Crippen molar-refractivity contribution in [3.63, 3.8) is 0 Å². The number of amides is 1. The first-order chi connectivity index (χ1) is 14.7. The molecule has 1 aliphatic rings. The van der Waals surface area contributed by atoms with Gasteiger partial charge >= 0.3 is 0 Å². The molecule has 0 unspecified atom stereocenters. The summed E-state index contributed by atoms with van der Waals surface area (Å²) in [6.07, 6.45) is 3.21. The number of ether oxygens (including phenoxy) is 3. The molecule has 0 bridgehead atoms. The summed E-state index contributed by atoms with van der Waals surface area (Å²) in [4.78, 5) is 23.4. The molecule has 1 saturated heterocycles. The average Bonchev–Trinajstić information content (AvgIpc) is 3.21. The number of anilines is 1. The molecule has 158 valence electrons. The van der Waals surface area contributed by atoms with E-state index in [9.17, 15) is 4.79 Å². The van der Waals surface area contributed by atoms with Gasteiger partial charge in [-0.25, -0.2) is 14.6 Å². The van der Waals surface area contributed by atoms with E-state index in [-0.39, 0.29) is 12.5 Å². The van der Waals surface area contributed by atoms with Crippen LogP contribution in [-0.2, 0) is 22.6 Å². The molecule has 0 radical (unpaired) electrons. The van der Waals surface area contributed by atoms with Crippen molar-refractivity contribution in [2.45, 2.75) is 13.1 Å². The number of rotatable bonds is 7. The van der Waals surface area contributed by atoms with E-state index in [2.05, 4.69) is 25.3 Å². The van der Waals surface area contributed by atoms with Crippen LogP contribution in [0.25, 0.3) is 11.0 Å². The Kier molecular flexibility index (Phi) is 5.94. The van der Waals surface area contributed by atoms with Gasteiger partial charge < -0.3 is 24.4 Å². The molecule has 0 aliphatic carbocycles. The monoisotopic (exact) mass is 412 g/mol. The molecule has 2 aromatic heterocycles. The lowest BCUT2D eigenvalue weighted by atomic mass is 10.2. The van der Waals surface area contributed by atoms with Crippen molar-refractivity contribution >= 4 is 22.8 Å². The summed E-state index contributed by atoms with van der Waals surface area (Å²) in [6.45, 7) is 3.25.